The quantitative estimate of drug-likeness (QED) is 0.736. The highest BCUT2D eigenvalue weighted by Gasteiger charge is 2.18. The van der Waals surface area contributed by atoms with Gasteiger partial charge in [-0.15, -0.1) is 0 Å². The molecule has 1 aliphatic rings. The number of rotatable bonds is 6. The molecule has 1 rings (SSSR count). The molecule has 2 nitrogen and oxygen atoms in total. The van der Waals surface area contributed by atoms with Gasteiger partial charge in [-0.2, -0.15) is 11.8 Å². The number of likely N-dealkylation sites (N-methyl/N-ethyl adjacent to an activating group) is 1. The van der Waals surface area contributed by atoms with Gasteiger partial charge in [0, 0.05) is 13.2 Å². The van der Waals surface area contributed by atoms with E-state index in [-0.39, 0.29) is 0 Å². The predicted molar refractivity (Wildman–Crippen MR) is 64.0 cm³/mol. The van der Waals surface area contributed by atoms with E-state index in [2.05, 4.69) is 24.0 Å². The van der Waals surface area contributed by atoms with Gasteiger partial charge in [-0.05, 0) is 43.2 Å². The Morgan fingerprint density at radius 2 is 2.14 bits per heavy atom. The van der Waals surface area contributed by atoms with E-state index in [0.29, 0.717) is 6.04 Å². The van der Waals surface area contributed by atoms with Crippen LogP contribution in [-0.2, 0) is 4.74 Å². The lowest BCUT2D eigenvalue weighted by molar-refractivity contribution is 0.153. The fourth-order valence-corrected chi connectivity index (χ4v) is 3.29. The van der Waals surface area contributed by atoms with E-state index in [9.17, 15) is 0 Å². The fourth-order valence-electron chi connectivity index (χ4n) is 2.08. The van der Waals surface area contributed by atoms with Crippen molar-refractivity contribution in [1.29, 1.82) is 0 Å². The molecule has 0 spiro atoms. The van der Waals surface area contributed by atoms with Crippen LogP contribution < -0.4 is 5.32 Å². The minimum absolute atomic E-state index is 0.568. The van der Waals surface area contributed by atoms with Crippen molar-refractivity contribution in [1.82, 2.24) is 5.32 Å². The van der Waals surface area contributed by atoms with E-state index < -0.39 is 0 Å². The Balaban J connectivity index is 2.21. The molecular formula is C11H23NOS. The Hall–Kier alpha value is 0.270. The molecular weight excluding hydrogens is 194 g/mol. The number of hydrogen-bond donors (Lipinski definition) is 1. The lowest BCUT2D eigenvalue weighted by atomic mass is 9.94. The minimum atomic E-state index is 0.568. The number of thioether (sulfide) groups is 1. The first-order chi connectivity index (χ1) is 6.86. The number of methoxy groups -OCH3 is 1. The zero-order chi connectivity index (χ0) is 10.2. The second-order valence-electron chi connectivity index (χ2n) is 4.00. The van der Waals surface area contributed by atoms with Crippen LogP contribution in [-0.4, -0.2) is 37.8 Å². The summed E-state index contributed by atoms with van der Waals surface area (Å²) in [5.74, 6) is 3.64. The van der Waals surface area contributed by atoms with Gasteiger partial charge in [-0.25, -0.2) is 0 Å². The fraction of sp³-hybridized carbons (Fsp3) is 1.00. The number of hydrogen-bond acceptors (Lipinski definition) is 3. The lowest BCUT2D eigenvalue weighted by Crippen LogP contribution is -2.35. The molecule has 0 bridgehead atoms. The summed E-state index contributed by atoms with van der Waals surface area (Å²) in [6.45, 7) is 4.08. The van der Waals surface area contributed by atoms with E-state index >= 15 is 0 Å². The second kappa shape index (κ2) is 7.55. The summed E-state index contributed by atoms with van der Waals surface area (Å²) in [6, 6.07) is 0.568. The molecule has 0 aromatic carbocycles. The van der Waals surface area contributed by atoms with E-state index in [1.165, 1.54) is 30.8 Å². The highest BCUT2D eigenvalue weighted by Crippen LogP contribution is 2.26. The third-order valence-electron chi connectivity index (χ3n) is 2.82. The van der Waals surface area contributed by atoms with Gasteiger partial charge >= 0.3 is 0 Å². The Kier molecular flexibility index (Phi) is 6.65. The molecule has 0 aromatic rings. The van der Waals surface area contributed by atoms with Gasteiger partial charge in [0.2, 0.25) is 0 Å². The molecule has 1 fully saturated rings. The van der Waals surface area contributed by atoms with Crippen molar-refractivity contribution < 1.29 is 4.74 Å². The first-order valence-corrected chi connectivity index (χ1v) is 6.82. The first kappa shape index (κ1) is 12.3. The predicted octanol–water partition coefficient (Wildman–Crippen LogP) is 2.14. The van der Waals surface area contributed by atoms with Crippen LogP contribution in [0.3, 0.4) is 0 Å². The molecule has 1 aliphatic heterocycles. The highest BCUT2D eigenvalue weighted by atomic mass is 32.2. The average molecular weight is 217 g/mol. The van der Waals surface area contributed by atoms with Gasteiger partial charge in [0.25, 0.3) is 0 Å². The zero-order valence-corrected chi connectivity index (χ0v) is 10.2. The summed E-state index contributed by atoms with van der Waals surface area (Å²) < 4.78 is 5.23. The molecule has 1 atom stereocenters. The minimum Gasteiger partial charge on any atom is -0.383 e. The maximum Gasteiger partial charge on any atom is 0.0615 e. The van der Waals surface area contributed by atoms with Gasteiger partial charge in [0.05, 0.1) is 6.61 Å². The van der Waals surface area contributed by atoms with Gasteiger partial charge in [0.15, 0.2) is 0 Å². The molecule has 1 heterocycles. The average Bonchev–Trinajstić information content (AvgIpc) is 2.20. The van der Waals surface area contributed by atoms with Crippen LogP contribution in [0.2, 0.25) is 0 Å². The van der Waals surface area contributed by atoms with Crippen LogP contribution in [0.5, 0.6) is 0 Å². The van der Waals surface area contributed by atoms with Crippen molar-refractivity contribution in [2.75, 3.05) is 31.8 Å². The van der Waals surface area contributed by atoms with Gasteiger partial charge < -0.3 is 10.1 Å². The van der Waals surface area contributed by atoms with Crippen molar-refractivity contribution in [3.8, 4) is 0 Å². The smallest absolute Gasteiger partial charge is 0.0615 e. The zero-order valence-electron chi connectivity index (χ0n) is 9.42. The molecule has 84 valence electrons. The first-order valence-electron chi connectivity index (χ1n) is 5.66. The molecule has 0 radical (unpaired) electrons. The molecule has 0 amide bonds. The molecule has 0 aliphatic carbocycles. The summed E-state index contributed by atoms with van der Waals surface area (Å²) in [6.07, 6.45) is 4.09. The van der Waals surface area contributed by atoms with E-state index in [1.807, 2.05) is 0 Å². The summed E-state index contributed by atoms with van der Waals surface area (Å²) in [7, 11) is 1.79. The van der Waals surface area contributed by atoms with Crippen molar-refractivity contribution in [3.05, 3.63) is 0 Å². The third kappa shape index (κ3) is 4.67. The number of ether oxygens (including phenoxy) is 1. The largest absolute Gasteiger partial charge is 0.383 e. The van der Waals surface area contributed by atoms with Crippen LogP contribution in [0.15, 0.2) is 0 Å². The normalized spacial score (nSPS) is 21.0. The molecule has 0 aromatic heterocycles. The van der Waals surface area contributed by atoms with Crippen LogP contribution in [0.25, 0.3) is 0 Å². The van der Waals surface area contributed by atoms with Crippen molar-refractivity contribution in [2.24, 2.45) is 5.92 Å². The second-order valence-corrected chi connectivity index (χ2v) is 5.23. The maximum absolute atomic E-state index is 5.23. The van der Waals surface area contributed by atoms with E-state index in [0.717, 1.165) is 19.1 Å². The Bertz CT molecular complexity index is 131. The summed E-state index contributed by atoms with van der Waals surface area (Å²) in [5.41, 5.74) is 0. The van der Waals surface area contributed by atoms with Crippen LogP contribution in [0.4, 0.5) is 0 Å². The lowest BCUT2D eigenvalue weighted by Gasteiger charge is -2.26. The maximum atomic E-state index is 5.23. The molecule has 3 heteroatoms. The highest BCUT2D eigenvalue weighted by molar-refractivity contribution is 7.99. The van der Waals surface area contributed by atoms with Crippen molar-refractivity contribution in [3.63, 3.8) is 0 Å². The third-order valence-corrected chi connectivity index (χ3v) is 3.87. The monoisotopic (exact) mass is 217 g/mol. The van der Waals surface area contributed by atoms with Crippen LogP contribution >= 0.6 is 11.8 Å². The number of nitrogens with one attached hydrogen (secondary N) is 1. The SMILES string of the molecule is CCNC(COC)CC1CCSCC1. The van der Waals surface area contributed by atoms with Crippen molar-refractivity contribution in [2.45, 2.75) is 32.2 Å². The van der Waals surface area contributed by atoms with Crippen LogP contribution in [0.1, 0.15) is 26.2 Å². The van der Waals surface area contributed by atoms with E-state index in [4.69, 9.17) is 4.74 Å². The summed E-state index contributed by atoms with van der Waals surface area (Å²) in [4.78, 5) is 0. The van der Waals surface area contributed by atoms with Gasteiger partial charge in [-0.3, -0.25) is 0 Å². The van der Waals surface area contributed by atoms with Crippen molar-refractivity contribution >= 4 is 11.8 Å². The molecule has 0 saturated carbocycles. The molecule has 1 saturated heterocycles. The Labute approximate surface area is 92.2 Å². The van der Waals surface area contributed by atoms with Gasteiger partial charge in [-0.1, -0.05) is 6.92 Å². The Morgan fingerprint density at radius 1 is 1.43 bits per heavy atom. The van der Waals surface area contributed by atoms with E-state index in [1.54, 1.807) is 7.11 Å². The summed E-state index contributed by atoms with van der Waals surface area (Å²) in [5, 5.41) is 3.50. The summed E-state index contributed by atoms with van der Waals surface area (Å²) >= 11 is 2.10. The molecule has 1 unspecified atom stereocenters. The Morgan fingerprint density at radius 3 is 2.71 bits per heavy atom. The molecule has 14 heavy (non-hydrogen) atoms. The van der Waals surface area contributed by atoms with Crippen LogP contribution in [0, 0.1) is 5.92 Å². The topological polar surface area (TPSA) is 21.3 Å². The molecule has 1 N–H and O–H groups in total. The van der Waals surface area contributed by atoms with Gasteiger partial charge in [0.1, 0.15) is 0 Å². The standard InChI is InChI=1S/C11H23NOS/c1-3-12-11(9-13-2)8-10-4-6-14-7-5-10/h10-12H,3-9H2,1-2H3.